The van der Waals surface area contributed by atoms with Crippen molar-refractivity contribution in [1.29, 1.82) is 0 Å². The molecule has 0 atom stereocenters. The summed E-state index contributed by atoms with van der Waals surface area (Å²) in [6.45, 7) is 4.63. The third kappa shape index (κ3) is 2.99. The van der Waals surface area contributed by atoms with Crippen molar-refractivity contribution in [2.24, 2.45) is 17.9 Å². The Hall–Kier alpha value is -2.50. The van der Waals surface area contributed by atoms with Crippen LogP contribution in [0.25, 0.3) is 0 Å². The van der Waals surface area contributed by atoms with E-state index in [9.17, 15) is 0 Å². The minimum absolute atomic E-state index is 0.0756. The zero-order chi connectivity index (χ0) is 15.6. The minimum atomic E-state index is 0.0756. The van der Waals surface area contributed by atoms with Gasteiger partial charge in [0.25, 0.3) is 0 Å². The van der Waals surface area contributed by atoms with Gasteiger partial charge in [-0.05, 0) is 19.4 Å². The number of anilines is 1. The van der Waals surface area contributed by atoms with Gasteiger partial charge in [0.1, 0.15) is 5.82 Å². The van der Waals surface area contributed by atoms with Gasteiger partial charge in [0.2, 0.25) is 0 Å². The van der Waals surface area contributed by atoms with E-state index in [4.69, 9.17) is 10.9 Å². The first-order chi connectivity index (χ1) is 9.93. The van der Waals surface area contributed by atoms with E-state index in [1.165, 1.54) is 11.1 Å². The number of rotatable bonds is 4. The molecule has 0 radical (unpaired) electrons. The van der Waals surface area contributed by atoms with Crippen LogP contribution in [0, 0.1) is 13.8 Å². The van der Waals surface area contributed by atoms with Gasteiger partial charge in [-0.1, -0.05) is 35.0 Å². The molecule has 0 spiro atoms. The van der Waals surface area contributed by atoms with Crippen LogP contribution in [0.3, 0.4) is 0 Å². The molecule has 6 heteroatoms. The number of amidine groups is 1. The second kappa shape index (κ2) is 5.87. The van der Waals surface area contributed by atoms with Gasteiger partial charge in [0.05, 0.1) is 11.3 Å². The Morgan fingerprint density at radius 2 is 2.14 bits per heavy atom. The number of oxime groups is 1. The molecule has 0 saturated heterocycles. The Kier molecular flexibility index (Phi) is 4.16. The maximum atomic E-state index is 8.96. The van der Waals surface area contributed by atoms with Crippen LogP contribution in [0.1, 0.15) is 22.4 Å². The maximum Gasteiger partial charge on any atom is 0.175 e. The summed E-state index contributed by atoms with van der Waals surface area (Å²) >= 11 is 0. The molecule has 2 rings (SSSR count). The van der Waals surface area contributed by atoms with Crippen molar-refractivity contribution in [3.05, 3.63) is 46.6 Å². The Morgan fingerprint density at radius 3 is 2.76 bits per heavy atom. The third-order valence-corrected chi connectivity index (χ3v) is 3.42. The lowest BCUT2D eigenvalue weighted by Gasteiger charge is -2.21. The molecular formula is C15H21N5O. The van der Waals surface area contributed by atoms with Crippen LogP contribution in [-0.2, 0) is 13.6 Å². The lowest BCUT2D eigenvalue weighted by molar-refractivity contribution is 0.318. The van der Waals surface area contributed by atoms with Crippen LogP contribution in [0.2, 0.25) is 0 Å². The molecule has 6 nitrogen and oxygen atoms in total. The summed E-state index contributed by atoms with van der Waals surface area (Å²) in [5.41, 5.74) is 9.60. The van der Waals surface area contributed by atoms with E-state index in [2.05, 4.69) is 35.4 Å². The molecule has 0 saturated carbocycles. The fourth-order valence-electron chi connectivity index (χ4n) is 2.59. The average molecular weight is 287 g/mol. The predicted molar refractivity (Wildman–Crippen MR) is 83.7 cm³/mol. The summed E-state index contributed by atoms with van der Waals surface area (Å²) in [5, 5.41) is 16.4. The summed E-state index contributed by atoms with van der Waals surface area (Å²) in [4.78, 5) is 2.04. The average Bonchev–Trinajstić information content (AvgIpc) is 2.72. The quantitative estimate of drug-likeness (QED) is 0.389. The zero-order valence-electron chi connectivity index (χ0n) is 12.8. The maximum absolute atomic E-state index is 8.96. The number of nitrogens with zero attached hydrogens (tertiary/aromatic N) is 4. The highest BCUT2D eigenvalue weighted by Crippen LogP contribution is 2.23. The van der Waals surface area contributed by atoms with Gasteiger partial charge in [-0.25, -0.2) is 0 Å². The molecule has 1 aromatic heterocycles. The molecular weight excluding hydrogens is 266 g/mol. The SMILES string of the molecule is Cc1cccc(CN(C)c2c(C(N)=NO)c(C)nn2C)c1. The van der Waals surface area contributed by atoms with E-state index in [0.29, 0.717) is 12.1 Å². The molecule has 3 N–H and O–H groups in total. The summed E-state index contributed by atoms with van der Waals surface area (Å²) in [6, 6.07) is 8.33. The largest absolute Gasteiger partial charge is 0.409 e. The first kappa shape index (κ1) is 14.9. The van der Waals surface area contributed by atoms with E-state index in [1.54, 1.807) is 4.68 Å². The zero-order valence-corrected chi connectivity index (χ0v) is 12.8. The van der Waals surface area contributed by atoms with Crippen LogP contribution in [0.4, 0.5) is 5.82 Å². The fraction of sp³-hybridized carbons (Fsp3) is 0.333. The molecule has 0 bridgehead atoms. The third-order valence-electron chi connectivity index (χ3n) is 3.42. The van der Waals surface area contributed by atoms with Crippen LogP contribution in [-0.4, -0.2) is 27.9 Å². The van der Waals surface area contributed by atoms with Crippen molar-refractivity contribution < 1.29 is 5.21 Å². The van der Waals surface area contributed by atoms with E-state index < -0.39 is 0 Å². The van der Waals surface area contributed by atoms with Gasteiger partial charge in [-0.15, -0.1) is 0 Å². The number of nitrogens with two attached hydrogens (primary N) is 1. The van der Waals surface area contributed by atoms with Crippen molar-refractivity contribution in [3.63, 3.8) is 0 Å². The van der Waals surface area contributed by atoms with E-state index >= 15 is 0 Å². The second-order valence-electron chi connectivity index (χ2n) is 5.24. The van der Waals surface area contributed by atoms with E-state index in [1.807, 2.05) is 32.0 Å². The number of aromatic nitrogens is 2. The molecule has 0 aliphatic rings. The highest BCUT2D eigenvalue weighted by molar-refractivity contribution is 6.02. The van der Waals surface area contributed by atoms with Gasteiger partial charge >= 0.3 is 0 Å². The first-order valence-electron chi connectivity index (χ1n) is 6.72. The van der Waals surface area contributed by atoms with Crippen molar-refractivity contribution in [2.45, 2.75) is 20.4 Å². The van der Waals surface area contributed by atoms with E-state index in [0.717, 1.165) is 11.5 Å². The second-order valence-corrected chi connectivity index (χ2v) is 5.24. The monoisotopic (exact) mass is 287 g/mol. The smallest absolute Gasteiger partial charge is 0.175 e. The van der Waals surface area contributed by atoms with Gasteiger partial charge in [-0.3, -0.25) is 4.68 Å². The van der Waals surface area contributed by atoms with Crippen molar-refractivity contribution in [3.8, 4) is 0 Å². The van der Waals surface area contributed by atoms with Crippen LogP contribution in [0.15, 0.2) is 29.4 Å². The van der Waals surface area contributed by atoms with Gasteiger partial charge in [-0.2, -0.15) is 5.10 Å². The van der Waals surface area contributed by atoms with E-state index in [-0.39, 0.29) is 5.84 Å². The highest BCUT2D eigenvalue weighted by atomic mass is 16.4. The molecule has 1 heterocycles. The lowest BCUT2D eigenvalue weighted by Crippen LogP contribution is -2.24. The molecule has 0 aliphatic heterocycles. The van der Waals surface area contributed by atoms with Gasteiger partial charge in [0.15, 0.2) is 5.84 Å². The van der Waals surface area contributed by atoms with Crippen molar-refractivity contribution in [2.75, 3.05) is 11.9 Å². The number of hydrogen-bond donors (Lipinski definition) is 2. The summed E-state index contributed by atoms with van der Waals surface area (Å²) < 4.78 is 1.75. The Labute approximate surface area is 124 Å². The van der Waals surface area contributed by atoms with Gasteiger partial charge < -0.3 is 15.8 Å². The van der Waals surface area contributed by atoms with Crippen LogP contribution >= 0.6 is 0 Å². The number of hydrogen-bond acceptors (Lipinski definition) is 4. The van der Waals surface area contributed by atoms with Crippen molar-refractivity contribution >= 4 is 11.7 Å². The van der Waals surface area contributed by atoms with Crippen LogP contribution in [0.5, 0.6) is 0 Å². The predicted octanol–water partition coefficient (Wildman–Crippen LogP) is 1.77. The molecule has 0 unspecified atom stereocenters. The Morgan fingerprint density at radius 1 is 1.43 bits per heavy atom. The first-order valence-corrected chi connectivity index (χ1v) is 6.72. The van der Waals surface area contributed by atoms with Crippen molar-refractivity contribution in [1.82, 2.24) is 9.78 Å². The van der Waals surface area contributed by atoms with Gasteiger partial charge in [0, 0.05) is 20.6 Å². The highest BCUT2D eigenvalue weighted by Gasteiger charge is 2.20. The molecule has 0 fully saturated rings. The Balaban J connectivity index is 2.37. The molecule has 1 aromatic carbocycles. The summed E-state index contributed by atoms with van der Waals surface area (Å²) in [6.07, 6.45) is 0. The number of aryl methyl sites for hydroxylation is 3. The van der Waals surface area contributed by atoms with Crippen LogP contribution < -0.4 is 10.6 Å². The topological polar surface area (TPSA) is 79.7 Å². The number of benzene rings is 1. The molecule has 21 heavy (non-hydrogen) atoms. The molecule has 0 amide bonds. The minimum Gasteiger partial charge on any atom is -0.409 e. The lowest BCUT2D eigenvalue weighted by atomic mass is 10.1. The normalized spacial score (nSPS) is 11.7. The molecule has 112 valence electrons. The molecule has 0 aliphatic carbocycles. The summed E-state index contributed by atoms with van der Waals surface area (Å²) in [7, 11) is 3.82. The Bertz CT molecular complexity index is 675. The summed E-state index contributed by atoms with van der Waals surface area (Å²) in [5.74, 6) is 0.899. The standard InChI is InChI=1S/C15H21N5O/c1-10-6-5-7-12(8-10)9-19(3)15-13(14(16)18-21)11(2)17-20(15)4/h5-8,21H,9H2,1-4H3,(H2,16,18). The molecule has 2 aromatic rings. The fourth-order valence-corrected chi connectivity index (χ4v) is 2.59.